The number of carbonyl (C=O) groups excluding carboxylic acids is 1. The van der Waals surface area contributed by atoms with Gasteiger partial charge in [-0.15, -0.1) is 0 Å². The Kier molecular flexibility index (Phi) is 9.63. The third-order valence-electron chi connectivity index (χ3n) is 4.44. The molecule has 2 aliphatic rings. The maximum absolute atomic E-state index is 11.3. The minimum Gasteiger partial charge on any atom is -0.358 e. The molecule has 1 N–H and O–H groups in total. The lowest BCUT2D eigenvalue weighted by Gasteiger charge is -2.37. The quantitative estimate of drug-likeness (QED) is 0.750. The van der Waals surface area contributed by atoms with Gasteiger partial charge in [0.05, 0.1) is 6.54 Å². The van der Waals surface area contributed by atoms with E-state index in [0.717, 1.165) is 32.7 Å². The molecule has 0 atom stereocenters. The van der Waals surface area contributed by atoms with Crippen LogP contribution in [0.15, 0.2) is 0 Å². The molecule has 2 rings (SSSR count). The van der Waals surface area contributed by atoms with Gasteiger partial charge in [-0.05, 0) is 7.05 Å². The molecule has 0 spiro atoms. The molecule has 0 aromatic carbocycles. The van der Waals surface area contributed by atoms with Crippen LogP contribution in [0.3, 0.4) is 0 Å². The number of nitrogens with one attached hydrogen (secondary N) is 1. The predicted octanol–water partition coefficient (Wildman–Crippen LogP) is -0.376. The van der Waals surface area contributed by atoms with Crippen molar-refractivity contribution in [3.63, 3.8) is 0 Å². The zero-order valence-electron chi connectivity index (χ0n) is 15.0. The highest BCUT2D eigenvalue weighted by Gasteiger charge is 2.19. The smallest absolute Gasteiger partial charge is 0.233 e. The van der Waals surface area contributed by atoms with Crippen molar-refractivity contribution in [3.8, 4) is 0 Å². The fourth-order valence-electron chi connectivity index (χ4n) is 2.81. The summed E-state index contributed by atoms with van der Waals surface area (Å²) in [5, 5.41) is 2.69. The first-order valence-corrected chi connectivity index (χ1v) is 8.73. The van der Waals surface area contributed by atoms with Gasteiger partial charge in [-0.1, -0.05) is 13.8 Å². The van der Waals surface area contributed by atoms with E-state index in [4.69, 9.17) is 0 Å². The lowest BCUT2D eigenvalue weighted by atomic mass is 10.3. The zero-order valence-corrected chi connectivity index (χ0v) is 15.0. The molecule has 0 radical (unpaired) electrons. The van der Waals surface area contributed by atoms with Crippen LogP contribution < -0.4 is 5.32 Å². The van der Waals surface area contributed by atoms with Gasteiger partial charge < -0.3 is 10.2 Å². The molecule has 0 aromatic heterocycles. The molecule has 6 nitrogen and oxygen atoms in total. The zero-order chi connectivity index (χ0) is 16.4. The van der Waals surface area contributed by atoms with Gasteiger partial charge in [0.1, 0.15) is 0 Å². The van der Waals surface area contributed by atoms with Gasteiger partial charge in [0.15, 0.2) is 0 Å². The number of amides is 1. The maximum Gasteiger partial charge on any atom is 0.233 e. The van der Waals surface area contributed by atoms with E-state index in [-0.39, 0.29) is 5.91 Å². The van der Waals surface area contributed by atoms with E-state index in [2.05, 4.69) is 32.0 Å². The Hall–Kier alpha value is -0.690. The minimum atomic E-state index is 0.121. The Bertz CT molecular complexity index is 297. The summed E-state index contributed by atoms with van der Waals surface area (Å²) < 4.78 is 0. The van der Waals surface area contributed by atoms with Crippen LogP contribution >= 0.6 is 0 Å². The van der Waals surface area contributed by atoms with Crippen LogP contribution in [0.1, 0.15) is 13.8 Å². The number of carbonyl (C=O) groups is 1. The first-order chi connectivity index (χ1) is 10.7. The number of nitrogens with zero attached hydrogens (tertiary/aromatic N) is 4. The number of piperazine rings is 2. The van der Waals surface area contributed by atoms with Crippen molar-refractivity contribution in [1.29, 1.82) is 0 Å². The molecule has 2 aliphatic heterocycles. The third kappa shape index (κ3) is 7.05. The Balaban J connectivity index is 0.00000116. The summed E-state index contributed by atoms with van der Waals surface area (Å²) in [5.41, 5.74) is 0. The van der Waals surface area contributed by atoms with Crippen LogP contribution in [-0.2, 0) is 4.79 Å². The highest BCUT2D eigenvalue weighted by molar-refractivity contribution is 5.77. The van der Waals surface area contributed by atoms with E-state index >= 15 is 0 Å². The van der Waals surface area contributed by atoms with Crippen molar-refractivity contribution in [2.24, 2.45) is 0 Å². The second kappa shape index (κ2) is 10.9. The van der Waals surface area contributed by atoms with Crippen LogP contribution in [-0.4, -0.2) is 112 Å². The molecule has 2 heterocycles. The van der Waals surface area contributed by atoms with Crippen LogP contribution in [0.2, 0.25) is 0 Å². The van der Waals surface area contributed by atoms with Gasteiger partial charge in [0, 0.05) is 72.5 Å². The molecule has 130 valence electrons. The van der Waals surface area contributed by atoms with Crippen molar-refractivity contribution in [1.82, 2.24) is 24.9 Å². The summed E-state index contributed by atoms with van der Waals surface area (Å²) in [7, 11) is 3.90. The molecule has 0 bridgehead atoms. The van der Waals surface area contributed by atoms with Gasteiger partial charge in [0.2, 0.25) is 5.91 Å². The summed E-state index contributed by atoms with van der Waals surface area (Å²) in [6.45, 7) is 15.9. The Morgan fingerprint density at radius 2 is 1.23 bits per heavy atom. The molecule has 6 heteroatoms. The third-order valence-corrected chi connectivity index (χ3v) is 4.44. The molecule has 0 unspecified atom stereocenters. The van der Waals surface area contributed by atoms with E-state index in [9.17, 15) is 4.79 Å². The van der Waals surface area contributed by atoms with Crippen LogP contribution in [0.25, 0.3) is 0 Å². The topological polar surface area (TPSA) is 42.1 Å². The Labute approximate surface area is 136 Å². The van der Waals surface area contributed by atoms with Crippen molar-refractivity contribution in [2.45, 2.75) is 13.8 Å². The number of likely N-dealkylation sites (N-methyl/N-ethyl adjacent to an activating group) is 2. The molecule has 2 saturated heterocycles. The van der Waals surface area contributed by atoms with E-state index in [1.165, 1.54) is 32.7 Å². The van der Waals surface area contributed by atoms with Crippen LogP contribution in [0.5, 0.6) is 0 Å². The standard InChI is InChI=1S/C14H29N5O.C2H6/c1-15-14(20)13-19-11-9-18(10-12-19)8-7-17-5-3-16(2)4-6-17;1-2/h3-13H2,1-2H3,(H,15,20);1-2H3. The summed E-state index contributed by atoms with van der Waals surface area (Å²) in [6, 6.07) is 0. The highest BCUT2D eigenvalue weighted by atomic mass is 16.1. The predicted molar refractivity (Wildman–Crippen MR) is 92.2 cm³/mol. The number of hydrogen-bond donors (Lipinski definition) is 1. The second-order valence-electron chi connectivity index (χ2n) is 5.94. The molecule has 0 saturated carbocycles. The lowest BCUT2D eigenvalue weighted by Crippen LogP contribution is -2.52. The molecule has 22 heavy (non-hydrogen) atoms. The van der Waals surface area contributed by atoms with Crippen molar-refractivity contribution < 1.29 is 4.79 Å². The second-order valence-corrected chi connectivity index (χ2v) is 5.94. The van der Waals surface area contributed by atoms with Gasteiger partial charge in [-0.3, -0.25) is 19.5 Å². The van der Waals surface area contributed by atoms with E-state index in [1.807, 2.05) is 13.8 Å². The first kappa shape index (κ1) is 19.4. The maximum atomic E-state index is 11.3. The Morgan fingerprint density at radius 3 is 1.68 bits per heavy atom. The van der Waals surface area contributed by atoms with E-state index < -0.39 is 0 Å². The fraction of sp³-hybridized carbons (Fsp3) is 0.938. The molecule has 0 aliphatic carbocycles. The van der Waals surface area contributed by atoms with Crippen LogP contribution in [0.4, 0.5) is 0 Å². The highest BCUT2D eigenvalue weighted by Crippen LogP contribution is 2.03. The summed E-state index contributed by atoms with van der Waals surface area (Å²) >= 11 is 0. The van der Waals surface area contributed by atoms with Gasteiger partial charge >= 0.3 is 0 Å². The van der Waals surface area contributed by atoms with Gasteiger partial charge in [-0.2, -0.15) is 0 Å². The van der Waals surface area contributed by atoms with Crippen molar-refractivity contribution in [2.75, 3.05) is 86.1 Å². The number of rotatable bonds is 5. The fourth-order valence-corrected chi connectivity index (χ4v) is 2.81. The molecule has 2 fully saturated rings. The normalized spacial score (nSPS) is 22.0. The molecular formula is C16H35N5O. The summed E-state index contributed by atoms with van der Waals surface area (Å²) in [4.78, 5) is 21.1. The molecule has 1 amide bonds. The monoisotopic (exact) mass is 313 g/mol. The molecular weight excluding hydrogens is 278 g/mol. The van der Waals surface area contributed by atoms with Crippen molar-refractivity contribution >= 4 is 5.91 Å². The Morgan fingerprint density at radius 1 is 0.818 bits per heavy atom. The lowest BCUT2D eigenvalue weighted by molar-refractivity contribution is -0.122. The van der Waals surface area contributed by atoms with Gasteiger partial charge in [0.25, 0.3) is 0 Å². The van der Waals surface area contributed by atoms with Crippen molar-refractivity contribution in [3.05, 3.63) is 0 Å². The van der Waals surface area contributed by atoms with E-state index in [1.54, 1.807) is 7.05 Å². The largest absolute Gasteiger partial charge is 0.358 e. The number of hydrogen-bond acceptors (Lipinski definition) is 5. The summed E-state index contributed by atoms with van der Waals surface area (Å²) in [6.07, 6.45) is 0. The van der Waals surface area contributed by atoms with Crippen LogP contribution in [0, 0.1) is 0 Å². The first-order valence-electron chi connectivity index (χ1n) is 8.73. The molecule has 0 aromatic rings. The van der Waals surface area contributed by atoms with E-state index in [0.29, 0.717) is 6.54 Å². The van der Waals surface area contributed by atoms with Gasteiger partial charge in [-0.25, -0.2) is 0 Å². The SMILES string of the molecule is CC.CNC(=O)CN1CCN(CCN2CCN(C)CC2)CC1. The average Bonchev–Trinajstić information content (AvgIpc) is 2.57. The minimum absolute atomic E-state index is 0.121. The summed E-state index contributed by atoms with van der Waals surface area (Å²) in [5.74, 6) is 0.121. The average molecular weight is 313 g/mol.